The van der Waals surface area contributed by atoms with Gasteiger partial charge in [-0.2, -0.15) is 0 Å². The van der Waals surface area contributed by atoms with Crippen LogP contribution in [0.4, 0.5) is 4.79 Å². The van der Waals surface area contributed by atoms with Crippen molar-refractivity contribution in [3.05, 3.63) is 12.7 Å². The van der Waals surface area contributed by atoms with E-state index in [4.69, 9.17) is 4.74 Å². The number of amides is 1. The molecule has 0 radical (unpaired) electrons. The second kappa shape index (κ2) is 5.37. The molecule has 0 aromatic heterocycles. The Morgan fingerprint density at radius 1 is 1.50 bits per heavy atom. The molecule has 1 N–H and O–H groups in total. The summed E-state index contributed by atoms with van der Waals surface area (Å²) >= 11 is 0. The quantitative estimate of drug-likeness (QED) is 0.749. The second-order valence-electron chi connectivity index (χ2n) is 5.55. The Bertz CT molecular complexity index is 255. The number of carbonyl (C=O) groups excluding carboxylic acids is 1. The van der Waals surface area contributed by atoms with Crippen LogP contribution in [0.25, 0.3) is 0 Å². The van der Waals surface area contributed by atoms with Crippen molar-refractivity contribution in [2.75, 3.05) is 0 Å². The lowest BCUT2D eigenvalue weighted by atomic mass is 10.0. The average molecular weight is 225 g/mol. The minimum Gasteiger partial charge on any atom is -0.444 e. The Kier molecular flexibility index (Phi) is 4.39. The van der Waals surface area contributed by atoms with Crippen molar-refractivity contribution >= 4 is 6.09 Å². The van der Waals surface area contributed by atoms with Gasteiger partial charge >= 0.3 is 6.09 Å². The zero-order chi connectivity index (χ0) is 12.2. The highest BCUT2D eigenvalue weighted by Crippen LogP contribution is 2.28. The number of allylic oxidation sites excluding steroid dienone is 1. The van der Waals surface area contributed by atoms with Gasteiger partial charge in [-0.05, 0) is 52.4 Å². The average Bonchev–Trinajstić information content (AvgIpc) is 2.49. The van der Waals surface area contributed by atoms with Gasteiger partial charge in [-0.1, -0.05) is 6.08 Å². The minimum absolute atomic E-state index is 0.278. The van der Waals surface area contributed by atoms with Crippen LogP contribution in [0.1, 0.15) is 46.5 Å². The van der Waals surface area contributed by atoms with E-state index in [1.54, 1.807) is 0 Å². The Morgan fingerprint density at radius 3 is 2.75 bits per heavy atom. The summed E-state index contributed by atoms with van der Waals surface area (Å²) in [5.41, 5.74) is -0.413. The fraction of sp³-hybridized carbons (Fsp3) is 0.769. The van der Waals surface area contributed by atoms with Crippen molar-refractivity contribution < 1.29 is 9.53 Å². The molecule has 1 fully saturated rings. The summed E-state index contributed by atoms with van der Waals surface area (Å²) in [5, 5.41) is 2.93. The highest BCUT2D eigenvalue weighted by atomic mass is 16.6. The zero-order valence-electron chi connectivity index (χ0n) is 10.6. The van der Waals surface area contributed by atoms with Crippen LogP contribution < -0.4 is 5.32 Å². The molecule has 0 aliphatic heterocycles. The maximum absolute atomic E-state index is 11.5. The molecule has 2 atom stereocenters. The minimum atomic E-state index is -0.413. The van der Waals surface area contributed by atoms with E-state index in [0.29, 0.717) is 5.92 Å². The second-order valence-corrected chi connectivity index (χ2v) is 5.55. The Balaban J connectivity index is 2.28. The SMILES string of the molecule is C=CC[C@H]1CC[C@@H](NC(=O)OC(C)(C)C)C1. The summed E-state index contributed by atoms with van der Waals surface area (Å²) in [6.07, 6.45) is 5.99. The topological polar surface area (TPSA) is 38.3 Å². The molecule has 0 bridgehead atoms. The monoisotopic (exact) mass is 225 g/mol. The number of hydrogen-bond donors (Lipinski definition) is 1. The summed E-state index contributed by atoms with van der Waals surface area (Å²) in [6, 6.07) is 0.278. The number of ether oxygens (including phenoxy) is 1. The molecule has 3 nitrogen and oxygen atoms in total. The fourth-order valence-electron chi connectivity index (χ4n) is 2.13. The molecule has 0 heterocycles. The number of alkyl carbamates (subject to hydrolysis) is 1. The van der Waals surface area contributed by atoms with Gasteiger partial charge in [0.1, 0.15) is 5.60 Å². The fourth-order valence-corrected chi connectivity index (χ4v) is 2.13. The first-order valence-corrected chi connectivity index (χ1v) is 6.01. The highest BCUT2D eigenvalue weighted by molar-refractivity contribution is 5.68. The van der Waals surface area contributed by atoms with Crippen LogP contribution in [0.15, 0.2) is 12.7 Å². The van der Waals surface area contributed by atoms with Crippen LogP contribution >= 0.6 is 0 Å². The molecule has 1 amide bonds. The van der Waals surface area contributed by atoms with Crippen LogP contribution in [-0.2, 0) is 4.74 Å². The molecular weight excluding hydrogens is 202 g/mol. The third kappa shape index (κ3) is 4.69. The van der Waals surface area contributed by atoms with E-state index >= 15 is 0 Å². The van der Waals surface area contributed by atoms with Crippen molar-refractivity contribution in [3.63, 3.8) is 0 Å². The van der Waals surface area contributed by atoms with Gasteiger partial charge in [0.25, 0.3) is 0 Å². The van der Waals surface area contributed by atoms with Gasteiger partial charge in [-0.3, -0.25) is 0 Å². The van der Waals surface area contributed by atoms with Crippen LogP contribution in [0, 0.1) is 5.92 Å². The lowest BCUT2D eigenvalue weighted by molar-refractivity contribution is 0.0504. The molecule has 3 heteroatoms. The molecule has 1 saturated carbocycles. The lowest BCUT2D eigenvalue weighted by Crippen LogP contribution is -2.37. The van der Waals surface area contributed by atoms with Gasteiger partial charge < -0.3 is 10.1 Å². The molecule has 0 aromatic carbocycles. The van der Waals surface area contributed by atoms with Crippen LogP contribution in [0.2, 0.25) is 0 Å². The predicted octanol–water partition coefficient (Wildman–Crippen LogP) is 3.26. The van der Waals surface area contributed by atoms with Gasteiger partial charge in [-0.15, -0.1) is 6.58 Å². The van der Waals surface area contributed by atoms with Crippen LogP contribution in [-0.4, -0.2) is 17.7 Å². The first kappa shape index (κ1) is 13.1. The van der Waals surface area contributed by atoms with E-state index in [1.807, 2.05) is 26.8 Å². The molecule has 1 aliphatic rings. The third-order valence-corrected chi connectivity index (χ3v) is 2.76. The molecule has 0 unspecified atom stereocenters. The normalized spacial score (nSPS) is 25.2. The third-order valence-electron chi connectivity index (χ3n) is 2.76. The molecule has 0 aromatic rings. The Morgan fingerprint density at radius 2 is 2.19 bits per heavy atom. The van der Waals surface area contributed by atoms with Crippen LogP contribution in [0.3, 0.4) is 0 Å². The molecule has 0 saturated heterocycles. The predicted molar refractivity (Wildman–Crippen MR) is 65.3 cm³/mol. The lowest BCUT2D eigenvalue weighted by Gasteiger charge is -2.21. The Labute approximate surface area is 98.2 Å². The van der Waals surface area contributed by atoms with Crippen molar-refractivity contribution in [1.82, 2.24) is 5.32 Å². The van der Waals surface area contributed by atoms with E-state index in [0.717, 1.165) is 19.3 Å². The first-order valence-electron chi connectivity index (χ1n) is 6.01. The van der Waals surface area contributed by atoms with Crippen molar-refractivity contribution in [1.29, 1.82) is 0 Å². The smallest absolute Gasteiger partial charge is 0.407 e. The number of rotatable bonds is 3. The summed E-state index contributed by atoms with van der Waals surface area (Å²) in [7, 11) is 0. The Hall–Kier alpha value is -0.990. The zero-order valence-corrected chi connectivity index (χ0v) is 10.6. The van der Waals surface area contributed by atoms with Crippen molar-refractivity contribution in [2.24, 2.45) is 5.92 Å². The van der Waals surface area contributed by atoms with Crippen molar-refractivity contribution in [3.8, 4) is 0 Å². The van der Waals surface area contributed by atoms with Gasteiger partial charge in [-0.25, -0.2) is 4.79 Å². The summed E-state index contributed by atoms with van der Waals surface area (Å²) in [4.78, 5) is 11.5. The van der Waals surface area contributed by atoms with E-state index in [1.165, 1.54) is 6.42 Å². The number of hydrogen-bond acceptors (Lipinski definition) is 2. The van der Waals surface area contributed by atoms with E-state index < -0.39 is 5.60 Å². The number of carbonyl (C=O) groups is 1. The summed E-state index contributed by atoms with van der Waals surface area (Å²) < 4.78 is 5.22. The largest absolute Gasteiger partial charge is 0.444 e. The standard InChI is InChI=1S/C13H23NO2/c1-5-6-10-7-8-11(9-10)14-12(15)16-13(2,3)4/h5,10-11H,1,6-9H2,2-4H3,(H,14,15)/t10-,11+/m0/s1. The summed E-state index contributed by atoms with van der Waals surface area (Å²) in [5.74, 6) is 0.678. The van der Waals surface area contributed by atoms with Gasteiger partial charge in [0.2, 0.25) is 0 Å². The number of nitrogens with one attached hydrogen (secondary N) is 1. The summed E-state index contributed by atoms with van der Waals surface area (Å²) in [6.45, 7) is 9.38. The van der Waals surface area contributed by atoms with E-state index in [-0.39, 0.29) is 12.1 Å². The van der Waals surface area contributed by atoms with Gasteiger partial charge in [0, 0.05) is 6.04 Å². The maximum atomic E-state index is 11.5. The maximum Gasteiger partial charge on any atom is 0.407 e. The molecule has 1 aliphatic carbocycles. The van der Waals surface area contributed by atoms with Crippen molar-refractivity contribution in [2.45, 2.75) is 58.1 Å². The first-order chi connectivity index (χ1) is 7.40. The van der Waals surface area contributed by atoms with Gasteiger partial charge in [0.15, 0.2) is 0 Å². The molecule has 16 heavy (non-hydrogen) atoms. The molecular formula is C13H23NO2. The molecule has 1 rings (SSSR count). The molecule has 92 valence electrons. The van der Waals surface area contributed by atoms with Crippen LogP contribution in [0.5, 0.6) is 0 Å². The highest BCUT2D eigenvalue weighted by Gasteiger charge is 2.26. The molecule has 0 spiro atoms. The van der Waals surface area contributed by atoms with Gasteiger partial charge in [0.05, 0.1) is 0 Å². The van der Waals surface area contributed by atoms with E-state index in [9.17, 15) is 4.79 Å². The van der Waals surface area contributed by atoms with E-state index in [2.05, 4.69) is 11.9 Å².